The second-order valence-electron chi connectivity index (χ2n) is 2.54. The molecule has 0 saturated heterocycles. The minimum absolute atomic E-state index is 0.571. The standard InChI is InChI=1S/C8H9N3S/c9-8-10-2-3-11(8)5-7-1-4-12-6-7/h1-4,6H,5H2,(H2,9,10). The van der Waals surface area contributed by atoms with Crippen LogP contribution >= 0.6 is 11.3 Å². The van der Waals surface area contributed by atoms with Gasteiger partial charge in [-0.2, -0.15) is 11.3 Å². The van der Waals surface area contributed by atoms with Crippen molar-refractivity contribution in [3.8, 4) is 0 Å². The highest BCUT2D eigenvalue weighted by Gasteiger charge is 1.98. The summed E-state index contributed by atoms with van der Waals surface area (Å²) in [5.41, 5.74) is 6.88. The van der Waals surface area contributed by atoms with Gasteiger partial charge in [-0.15, -0.1) is 0 Å². The molecule has 3 nitrogen and oxygen atoms in total. The minimum atomic E-state index is 0.571. The van der Waals surface area contributed by atoms with Crippen molar-refractivity contribution in [2.24, 2.45) is 0 Å². The summed E-state index contributed by atoms with van der Waals surface area (Å²) in [4.78, 5) is 3.94. The van der Waals surface area contributed by atoms with Crippen molar-refractivity contribution >= 4 is 17.3 Å². The molecule has 0 aliphatic heterocycles. The fourth-order valence-corrected chi connectivity index (χ4v) is 1.71. The zero-order valence-corrected chi connectivity index (χ0v) is 7.29. The molecule has 0 saturated carbocycles. The van der Waals surface area contributed by atoms with Gasteiger partial charge in [0.1, 0.15) is 0 Å². The minimum Gasteiger partial charge on any atom is -0.369 e. The van der Waals surface area contributed by atoms with Crippen molar-refractivity contribution in [2.45, 2.75) is 6.54 Å². The monoisotopic (exact) mass is 179 g/mol. The molecule has 0 aliphatic carbocycles. The van der Waals surface area contributed by atoms with Crippen molar-refractivity contribution in [3.05, 3.63) is 34.8 Å². The van der Waals surface area contributed by atoms with E-state index in [2.05, 4.69) is 21.8 Å². The zero-order chi connectivity index (χ0) is 8.39. The van der Waals surface area contributed by atoms with Crippen molar-refractivity contribution in [2.75, 3.05) is 5.73 Å². The van der Waals surface area contributed by atoms with Crippen LogP contribution < -0.4 is 5.73 Å². The Balaban J connectivity index is 2.20. The Kier molecular flexibility index (Phi) is 1.83. The Hall–Kier alpha value is -1.29. The van der Waals surface area contributed by atoms with Crippen LogP contribution in [-0.2, 0) is 6.54 Å². The molecule has 0 atom stereocenters. The van der Waals surface area contributed by atoms with Crippen LogP contribution in [0.2, 0.25) is 0 Å². The highest BCUT2D eigenvalue weighted by Crippen LogP contribution is 2.09. The van der Waals surface area contributed by atoms with Gasteiger partial charge in [0, 0.05) is 12.4 Å². The lowest BCUT2D eigenvalue weighted by Gasteiger charge is -2.00. The fourth-order valence-electron chi connectivity index (χ4n) is 1.05. The smallest absolute Gasteiger partial charge is 0.200 e. The summed E-state index contributed by atoms with van der Waals surface area (Å²) in [5, 5.41) is 4.17. The van der Waals surface area contributed by atoms with Gasteiger partial charge in [0.05, 0.1) is 6.54 Å². The van der Waals surface area contributed by atoms with E-state index in [1.165, 1.54) is 5.56 Å². The summed E-state index contributed by atoms with van der Waals surface area (Å²) in [6.45, 7) is 0.815. The molecule has 0 amide bonds. The van der Waals surface area contributed by atoms with Gasteiger partial charge in [-0.3, -0.25) is 0 Å². The lowest BCUT2D eigenvalue weighted by Crippen LogP contribution is -2.02. The van der Waals surface area contributed by atoms with E-state index in [0.29, 0.717) is 5.95 Å². The molecule has 0 radical (unpaired) electrons. The molecule has 0 bridgehead atoms. The van der Waals surface area contributed by atoms with Gasteiger partial charge in [0.25, 0.3) is 0 Å². The lowest BCUT2D eigenvalue weighted by atomic mass is 10.3. The molecule has 4 heteroatoms. The van der Waals surface area contributed by atoms with E-state index in [0.717, 1.165) is 6.54 Å². The van der Waals surface area contributed by atoms with Gasteiger partial charge in [-0.05, 0) is 22.4 Å². The molecule has 2 N–H and O–H groups in total. The molecular weight excluding hydrogens is 170 g/mol. The molecule has 62 valence electrons. The molecule has 0 aromatic carbocycles. The van der Waals surface area contributed by atoms with Crippen LogP contribution in [-0.4, -0.2) is 9.55 Å². The first-order valence-corrected chi connectivity index (χ1v) is 4.58. The number of thiophene rings is 1. The number of hydrogen-bond donors (Lipinski definition) is 1. The first kappa shape index (κ1) is 7.36. The summed E-state index contributed by atoms with van der Waals surface area (Å²) in [5.74, 6) is 0.571. The number of imidazole rings is 1. The fraction of sp³-hybridized carbons (Fsp3) is 0.125. The van der Waals surface area contributed by atoms with Crippen LogP contribution in [0.25, 0.3) is 0 Å². The number of aromatic nitrogens is 2. The third kappa shape index (κ3) is 1.33. The quantitative estimate of drug-likeness (QED) is 0.760. The van der Waals surface area contributed by atoms with E-state index in [9.17, 15) is 0 Å². The van der Waals surface area contributed by atoms with E-state index in [4.69, 9.17) is 5.73 Å². The molecule has 0 unspecified atom stereocenters. The highest BCUT2D eigenvalue weighted by molar-refractivity contribution is 7.07. The van der Waals surface area contributed by atoms with Gasteiger partial charge in [0.2, 0.25) is 0 Å². The largest absolute Gasteiger partial charge is 0.369 e. The number of nitrogen functional groups attached to an aromatic ring is 1. The van der Waals surface area contributed by atoms with E-state index in [1.54, 1.807) is 17.5 Å². The molecular formula is C8H9N3S. The summed E-state index contributed by atoms with van der Waals surface area (Å²) >= 11 is 1.69. The predicted octanol–water partition coefficient (Wildman–Crippen LogP) is 1.58. The molecule has 0 spiro atoms. The number of anilines is 1. The van der Waals surface area contributed by atoms with Crippen LogP contribution in [0.4, 0.5) is 5.95 Å². The topological polar surface area (TPSA) is 43.8 Å². The molecule has 2 aromatic rings. The summed E-state index contributed by atoms with van der Waals surface area (Å²) in [6, 6.07) is 2.09. The van der Waals surface area contributed by atoms with Gasteiger partial charge in [0.15, 0.2) is 5.95 Å². The van der Waals surface area contributed by atoms with Crippen LogP contribution in [0.5, 0.6) is 0 Å². The summed E-state index contributed by atoms with van der Waals surface area (Å²) in [6.07, 6.45) is 3.59. The van der Waals surface area contributed by atoms with Gasteiger partial charge < -0.3 is 10.3 Å². The summed E-state index contributed by atoms with van der Waals surface area (Å²) < 4.78 is 1.92. The van der Waals surface area contributed by atoms with Crippen molar-refractivity contribution in [1.29, 1.82) is 0 Å². The second-order valence-corrected chi connectivity index (χ2v) is 3.32. The number of nitrogens with two attached hydrogens (primary N) is 1. The average molecular weight is 179 g/mol. The predicted molar refractivity (Wildman–Crippen MR) is 50.1 cm³/mol. The highest BCUT2D eigenvalue weighted by atomic mass is 32.1. The van der Waals surface area contributed by atoms with Gasteiger partial charge in [-0.25, -0.2) is 4.98 Å². The Morgan fingerprint density at radius 2 is 2.50 bits per heavy atom. The molecule has 2 aromatic heterocycles. The van der Waals surface area contributed by atoms with Crippen molar-refractivity contribution in [1.82, 2.24) is 9.55 Å². The van der Waals surface area contributed by atoms with E-state index < -0.39 is 0 Å². The average Bonchev–Trinajstić information content (AvgIpc) is 2.65. The Labute approximate surface area is 74.5 Å². The third-order valence-electron chi connectivity index (χ3n) is 1.68. The molecule has 0 aliphatic rings. The molecule has 2 rings (SSSR count). The van der Waals surface area contributed by atoms with Crippen molar-refractivity contribution in [3.63, 3.8) is 0 Å². The van der Waals surface area contributed by atoms with Crippen LogP contribution in [0, 0.1) is 0 Å². The molecule has 2 heterocycles. The van der Waals surface area contributed by atoms with Crippen LogP contribution in [0.1, 0.15) is 5.56 Å². The first-order chi connectivity index (χ1) is 5.86. The van der Waals surface area contributed by atoms with E-state index >= 15 is 0 Å². The number of nitrogens with zero attached hydrogens (tertiary/aromatic N) is 2. The molecule has 0 fully saturated rings. The number of hydrogen-bond acceptors (Lipinski definition) is 3. The Bertz CT molecular complexity index is 350. The maximum absolute atomic E-state index is 5.61. The maximum Gasteiger partial charge on any atom is 0.200 e. The number of rotatable bonds is 2. The Morgan fingerprint density at radius 1 is 1.58 bits per heavy atom. The van der Waals surface area contributed by atoms with Gasteiger partial charge in [-0.1, -0.05) is 0 Å². The van der Waals surface area contributed by atoms with Crippen LogP contribution in [0.15, 0.2) is 29.2 Å². The van der Waals surface area contributed by atoms with Crippen molar-refractivity contribution < 1.29 is 0 Å². The lowest BCUT2D eigenvalue weighted by molar-refractivity contribution is 0.814. The van der Waals surface area contributed by atoms with E-state index in [1.807, 2.05) is 10.8 Å². The normalized spacial score (nSPS) is 10.3. The van der Waals surface area contributed by atoms with Gasteiger partial charge >= 0.3 is 0 Å². The zero-order valence-electron chi connectivity index (χ0n) is 6.47. The molecule has 12 heavy (non-hydrogen) atoms. The van der Waals surface area contributed by atoms with Crippen LogP contribution in [0.3, 0.4) is 0 Å². The maximum atomic E-state index is 5.61. The third-order valence-corrected chi connectivity index (χ3v) is 2.41. The summed E-state index contributed by atoms with van der Waals surface area (Å²) in [7, 11) is 0. The van der Waals surface area contributed by atoms with E-state index in [-0.39, 0.29) is 0 Å². The Morgan fingerprint density at radius 3 is 3.08 bits per heavy atom. The SMILES string of the molecule is Nc1nccn1Cc1ccsc1. The first-order valence-electron chi connectivity index (χ1n) is 3.64. The second kappa shape index (κ2) is 2.98.